The molecule has 73 heavy (non-hydrogen) atoms. The third-order valence-electron chi connectivity index (χ3n) is 14.3. The lowest BCUT2D eigenvalue weighted by atomic mass is 9.90. The first-order valence-corrected chi connectivity index (χ1v) is 24.6. The Hall–Kier alpha value is -9.71. The zero-order valence-corrected chi connectivity index (χ0v) is 39.4. The van der Waals surface area contributed by atoms with Crippen molar-refractivity contribution < 1.29 is 13.5 Å². The summed E-state index contributed by atoms with van der Waals surface area (Å²) in [4.78, 5) is 4.36. The van der Waals surface area contributed by atoms with Gasteiger partial charge in [-0.25, -0.2) is 4.39 Å². The number of anilines is 6. The van der Waals surface area contributed by atoms with E-state index in [1.165, 1.54) is 0 Å². The fourth-order valence-corrected chi connectivity index (χ4v) is 11.0. The van der Waals surface area contributed by atoms with Crippen molar-refractivity contribution in [1.29, 1.82) is 0 Å². The molecule has 0 radical (unpaired) electrons. The van der Waals surface area contributed by atoms with Crippen molar-refractivity contribution in [2.24, 2.45) is 0 Å². The van der Waals surface area contributed by atoms with E-state index in [1.54, 1.807) is 6.07 Å². The van der Waals surface area contributed by atoms with Crippen LogP contribution < -0.4 is 14.5 Å². The van der Waals surface area contributed by atoms with Crippen molar-refractivity contribution in [3.05, 3.63) is 267 Å². The van der Waals surface area contributed by atoms with E-state index in [9.17, 15) is 0 Å². The summed E-state index contributed by atoms with van der Waals surface area (Å²) < 4.78 is 31.4. The minimum Gasteiger partial charge on any atom is -0.456 e. The van der Waals surface area contributed by atoms with Gasteiger partial charge in [0, 0.05) is 50.3 Å². The predicted molar refractivity (Wildman–Crippen MR) is 300 cm³/mol. The molecule has 0 amide bonds. The molecule has 0 aliphatic carbocycles. The SMILES string of the molecule is Fc1cc(-c2ccccc2)cc(-c2ccccc2)c1N(c1ccc2cc3c4c(cccc4c2c1)Oc1cc(N(c2ccccc2)c2cccc4c2oc2ccccc24)ccc1-3)c1ccccc1-c1ccccc1. The van der Waals surface area contributed by atoms with E-state index in [4.69, 9.17) is 9.15 Å². The third-order valence-corrected chi connectivity index (χ3v) is 14.3. The minimum atomic E-state index is -0.329. The number of para-hydroxylation sites is 4. The zero-order chi connectivity index (χ0) is 48.4. The van der Waals surface area contributed by atoms with Gasteiger partial charge < -0.3 is 19.0 Å². The van der Waals surface area contributed by atoms with Crippen LogP contribution in [0.25, 0.3) is 88.0 Å². The highest BCUT2D eigenvalue weighted by molar-refractivity contribution is 6.18. The summed E-state index contributed by atoms with van der Waals surface area (Å²) in [6, 6.07) is 89.2. The van der Waals surface area contributed by atoms with Crippen LogP contribution in [0.15, 0.2) is 265 Å². The van der Waals surface area contributed by atoms with Crippen LogP contribution in [0.4, 0.5) is 38.5 Å². The topological polar surface area (TPSA) is 28.9 Å². The van der Waals surface area contributed by atoms with Crippen LogP contribution in [0.1, 0.15) is 0 Å². The van der Waals surface area contributed by atoms with Crippen molar-refractivity contribution in [2.45, 2.75) is 0 Å². The maximum Gasteiger partial charge on any atom is 0.159 e. The van der Waals surface area contributed by atoms with E-state index >= 15 is 4.39 Å². The van der Waals surface area contributed by atoms with Gasteiger partial charge in [-0.1, -0.05) is 176 Å². The fourth-order valence-electron chi connectivity index (χ4n) is 11.0. The molecule has 0 atom stereocenters. The summed E-state index contributed by atoms with van der Waals surface area (Å²) in [6.07, 6.45) is 0. The summed E-state index contributed by atoms with van der Waals surface area (Å²) in [5.41, 5.74) is 14.2. The zero-order valence-electron chi connectivity index (χ0n) is 39.4. The normalized spacial score (nSPS) is 11.7. The number of hydrogen-bond donors (Lipinski definition) is 0. The highest BCUT2D eigenvalue weighted by Crippen LogP contribution is 2.53. The molecule has 1 aliphatic rings. The molecule has 0 bridgehead atoms. The van der Waals surface area contributed by atoms with Crippen molar-refractivity contribution in [2.75, 3.05) is 9.80 Å². The minimum absolute atomic E-state index is 0.329. The molecule has 344 valence electrons. The van der Waals surface area contributed by atoms with Gasteiger partial charge in [0.25, 0.3) is 0 Å². The fraction of sp³-hybridized carbons (Fsp3) is 0. The molecule has 0 saturated heterocycles. The summed E-state index contributed by atoms with van der Waals surface area (Å²) in [5.74, 6) is 1.21. The van der Waals surface area contributed by atoms with E-state index in [-0.39, 0.29) is 5.82 Å². The molecule has 0 N–H and O–H groups in total. The number of fused-ring (bicyclic) bond motifs is 7. The standard InChI is InChI=1S/C68H43FN2O2/c69-60-41-48(44-19-5-1-6-20-44)40-58(46-23-9-3-10-24-46)67(60)71(61-31-15-13-27-52(61)45-21-7-2-8-22-45)50-36-35-47-39-59-54-38-37-51(43-65(54)72-64-34-18-29-55(66(59)64)57(47)42-50)70(49-25-11-4-12-26-49)62-32-17-30-56-53-28-14-16-33-63(53)73-68(56)62/h1-43H. The molecular formula is C68H43FN2O2. The first kappa shape index (κ1) is 42.2. The van der Waals surface area contributed by atoms with Crippen LogP contribution >= 0.6 is 0 Å². The summed E-state index contributed by atoms with van der Waals surface area (Å²) >= 11 is 0. The lowest BCUT2D eigenvalue weighted by molar-refractivity contribution is 0.487. The van der Waals surface area contributed by atoms with Gasteiger partial charge in [-0.15, -0.1) is 0 Å². The summed E-state index contributed by atoms with van der Waals surface area (Å²) in [7, 11) is 0. The monoisotopic (exact) mass is 938 g/mol. The number of furan rings is 1. The van der Waals surface area contributed by atoms with Crippen LogP contribution in [-0.4, -0.2) is 0 Å². The second kappa shape index (κ2) is 17.3. The number of ether oxygens (including phenoxy) is 1. The van der Waals surface area contributed by atoms with Crippen molar-refractivity contribution >= 4 is 77.6 Å². The molecule has 4 nitrogen and oxygen atoms in total. The van der Waals surface area contributed by atoms with Crippen molar-refractivity contribution in [3.8, 4) is 56.0 Å². The van der Waals surface area contributed by atoms with Gasteiger partial charge in [-0.3, -0.25) is 0 Å². The number of halogens is 1. The molecule has 12 aromatic carbocycles. The largest absolute Gasteiger partial charge is 0.456 e. The average molecular weight is 939 g/mol. The van der Waals surface area contributed by atoms with E-state index in [1.807, 2.05) is 97.1 Å². The lowest BCUT2D eigenvalue weighted by Gasteiger charge is -2.31. The average Bonchev–Trinajstić information content (AvgIpc) is 3.85. The Morgan fingerprint density at radius 2 is 0.945 bits per heavy atom. The van der Waals surface area contributed by atoms with Gasteiger partial charge in [0.05, 0.1) is 22.7 Å². The van der Waals surface area contributed by atoms with Crippen LogP contribution in [0, 0.1) is 5.82 Å². The van der Waals surface area contributed by atoms with Gasteiger partial charge >= 0.3 is 0 Å². The Bertz CT molecular complexity index is 4250. The molecule has 14 rings (SSSR count). The Balaban J connectivity index is 0.949. The molecule has 0 fully saturated rings. The van der Waals surface area contributed by atoms with E-state index in [2.05, 4.69) is 168 Å². The maximum absolute atomic E-state index is 17.8. The van der Waals surface area contributed by atoms with Gasteiger partial charge in [0.2, 0.25) is 0 Å². The Kier molecular flexibility index (Phi) is 10.0. The molecule has 13 aromatic rings. The molecule has 2 heterocycles. The molecule has 5 heteroatoms. The second-order valence-corrected chi connectivity index (χ2v) is 18.5. The Morgan fingerprint density at radius 3 is 1.74 bits per heavy atom. The Labute approximate surface area is 421 Å². The van der Waals surface area contributed by atoms with Gasteiger partial charge in [-0.2, -0.15) is 0 Å². The number of hydrogen-bond acceptors (Lipinski definition) is 4. The first-order valence-electron chi connectivity index (χ1n) is 24.6. The maximum atomic E-state index is 17.8. The highest BCUT2D eigenvalue weighted by atomic mass is 19.1. The predicted octanol–water partition coefficient (Wildman–Crippen LogP) is 19.7. The molecule has 1 aliphatic heterocycles. The van der Waals surface area contributed by atoms with Gasteiger partial charge in [-0.05, 0) is 123 Å². The number of nitrogens with zero attached hydrogens (tertiary/aromatic N) is 2. The lowest BCUT2D eigenvalue weighted by Crippen LogP contribution is -2.14. The quantitative estimate of drug-likeness (QED) is 0.135. The summed E-state index contributed by atoms with van der Waals surface area (Å²) in [6.45, 7) is 0. The third kappa shape index (κ3) is 7.12. The molecule has 0 saturated carbocycles. The smallest absolute Gasteiger partial charge is 0.159 e. The van der Waals surface area contributed by atoms with Crippen molar-refractivity contribution in [3.63, 3.8) is 0 Å². The molecule has 0 spiro atoms. The van der Waals surface area contributed by atoms with E-state index in [0.29, 0.717) is 5.69 Å². The number of benzene rings is 12. The molecule has 0 unspecified atom stereocenters. The number of rotatable bonds is 9. The van der Waals surface area contributed by atoms with Gasteiger partial charge in [0.1, 0.15) is 22.9 Å². The highest BCUT2D eigenvalue weighted by Gasteiger charge is 2.28. The van der Waals surface area contributed by atoms with Gasteiger partial charge in [0.15, 0.2) is 5.58 Å². The van der Waals surface area contributed by atoms with Crippen molar-refractivity contribution in [1.82, 2.24) is 0 Å². The van der Waals surface area contributed by atoms with Crippen LogP contribution in [-0.2, 0) is 0 Å². The van der Waals surface area contributed by atoms with Crippen LogP contribution in [0.2, 0.25) is 0 Å². The second-order valence-electron chi connectivity index (χ2n) is 18.5. The summed E-state index contributed by atoms with van der Waals surface area (Å²) in [5, 5.41) is 6.30. The molecule has 1 aromatic heterocycles. The van der Waals surface area contributed by atoms with E-state index < -0.39 is 0 Å². The Morgan fingerprint density at radius 1 is 0.329 bits per heavy atom. The molecular weight excluding hydrogens is 896 g/mol. The first-order chi connectivity index (χ1) is 36.1. The van der Waals surface area contributed by atoms with Crippen LogP contribution in [0.3, 0.4) is 0 Å². The van der Waals surface area contributed by atoms with E-state index in [0.717, 1.165) is 128 Å². The van der Waals surface area contributed by atoms with Crippen LogP contribution in [0.5, 0.6) is 11.5 Å².